The van der Waals surface area contributed by atoms with E-state index in [-0.39, 0.29) is 18.1 Å². The molecule has 2 amide bonds. The number of carbonyl (C=O) groups is 2. The van der Waals surface area contributed by atoms with Gasteiger partial charge in [-0.25, -0.2) is 5.48 Å². The lowest BCUT2D eigenvalue weighted by atomic mass is 10.1. The summed E-state index contributed by atoms with van der Waals surface area (Å²) in [6.07, 6.45) is 1.68. The number of benzene rings is 4. The number of carbonyl (C=O) groups excluding carboxylic acids is 2. The van der Waals surface area contributed by atoms with Gasteiger partial charge in [-0.15, -0.1) is 0 Å². The molecule has 0 aliphatic carbocycles. The molecular weight excluding hydrogens is 472 g/mol. The first-order valence-corrected chi connectivity index (χ1v) is 11.4. The van der Waals surface area contributed by atoms with Crippen LogP contribution in [0.4, 0.5) is 5.69 Å². The zero-order valence-electron chi connectivity index (χ0n) is 20.4. The van der Waals surface area contributed by atoms with Crippen molar-refractivity contribution < 1.29 is 29.0 Å². The molecule has 0 fully saturated rings. The largest absolute Gasteiger partial charge is 0.493 e. The van der Waals surface area contributed by atoms with Crippen LogP contribution < -0.4 is 25.0 Å². The van der Waals surface area contributed by atoms with Crippen molar-refractivity contribution in [1.29, 1.82) is 0 Å². The summed E-state index contributed by atoms with van der Waals surface area (Å²) < 4.78 is 16.7. The second-order valence-electron chi connectivity index (χ2n) is 8.02. The molecule has 4 aromatic carbocycles. The Kier molecular flexibility index (Phi) is 8.02. The van der Waals surface area contributed by atoms with Crippen LogP contribution in [0.2, 0.25) is 0 Å². The molecule has 0 aliphatic heterocycles. The molecule has 0 spiro atoms. The predicted octanol–water partition coefficient (Wildman–Crippen LogP) is 5.08. The van der Waals surface area contributed by atoms with Gasteiger partial charge in [0.05, 0.1) is 19.8 Å². The minimum Gasteiger partial charge on any atom is -0.493 e. The lowest BCUT2D eigenvalue weighted by Crippen LogP contribution is -2.19. The average molecular weight is 499 g/mol. The van der Waals surface area contributed by atoms with Crippen molar-refractivity contribution in [2.45, 2.75) is 0 Å². The quantitative estimate of drug-likeness (QED) is 0.169. The maximum absolute atomic E-state index is 13.3. The fraction of sp³-hybridized carbons (Fsp3) is 0.103. The van der Waals surface area contributed by atoms with Crippen molar-refractivity contribution in [3.8, 4) is 17.2 Å². The van der Waals surface area contributed by atoms with Crippen LogP contribution in [0.15, 0.2) is 90.5 Å². The van der Waals surface area contributed by atoms with Gasteiger partial charge in [0.25, 0.3) is 11.8 Å². The van der Waals surface area contributed by atoms with Gasteiger partial charge in [0.2, 0.25) is 0 Å². The maximum Gasteiger partial charge on any atom is 0.274 e. The molecule has 0 radical (unpaired) electrons. The van der Waals surface area contributed by atoms with Crippen molar-refractivity contribution in [3.63, 3.8) is 0 Å². The number of ether oxygens (including phenoxy) is 3. The second-order valence-corrected chi connectivity index (χ2v) is 8.02. The van der Waals surface area contributed by atoms with E-state index in [0.717, 1.165) is 10.8 Å². The summed E-state index contributed by atoms with van der Waals surface area (Å²) in [6, 6.07) is 25.1. The van der Waals surface area contributed by atoms with E-state index < -0.39 is 5.91 Å². The van der Waals surface area contributed by atoms with E-state index in [0.29, 0.717) is 34.1 Å². The molecule has 4 rings (SSSR count). The Morgan fingerprint density at radius 1 is 0.838 bits per heavy atom. The van der Waals surface area contributed by atoms with Crippen LogP contribution in [-0.4, -0.2) is 37.8 Å². The van der Waals surface area contributed by atoms with Gasteiger partial charge in [-0.2, -0.15) is 0 Å². The Morgan fingerprint density at radius 3 is 2.30 bits per heavy atom. The third-order valence-electron chi connectivity index (χ3n) is 5.68. The van der Waals surface area contributed by atoms with E-state index in [4.69, 9.17) is 19.4 Å². The number of amides is 2. The molecule has 0 atom stereocenters. The van der Waals surface area contributed by atoms with E-state index in [1.54, 1.807) is 54.0 Å². The van der Waals surface area contributed by atoms with E-state index in [2.05, 4.69) is 5.32 Å². The summed E-state index contributed by atoms with van der Waals surface area (Å²) in [6.45, 7) is -0.00793. The zero-order valence-corrected chi connectivity index (χ0v) is 20.4. The highest BCUT2D eigenvalue weighted by Gasteiger charge is 2.14. The molecule has 188 valence electrons. The first-order chi connectivity index (χ1) is 18.0. The number of methoxy groups -OCH3 is 2. The van der Waals surface area contributed by atoms with Crippen molar-refractivity contribution in [2.24, 2.45) is 0 Å². The first-order valence-electron chi connectivity index (χ1n) is 11.4. The van der Waals surface area contributed by atoms with Crippen molar-refractivity contribution in [2.75, 3.05) is 26.1 Å². The number of anilines is 1. The number of hydrogen-bond acceptors (Lipinski definition) is 6. The van der Waals surface area contributed by atoms with Gasteiger partial charge in [-0.1, -0.05) is 48.5 Å². The van der Waals surface area contributed by atoms with E-state index in [1.807, 2.05) is 42.5 Å². The Morgan fingerprint density at radius 2 is 1.57 bits per heavy atom. The summed E-state index contributed by atoms with van der Waals surface area (Å²) in [5, 5.41) is 13.7. The van der Waals surface area contributed by atoms with Crippen LogP contribution in [0.3, 0.4) is 0 Å². The van der Waals surface area contributed by atoms with Crippen LogP contribution in [-0.2, 0) is 4.79 Å². The Balaban J connectivity index is 1.62. The van der Waals surface area contributed by atoms with Crippen LogP contribution >= 0.6 is 0 Å². The highest BCUT2D eigenvalue weighted by atomic mass is 16.5. The highest BCUT2D eigenvalue weighted by Crippen LogP contribution is 2.30. The first kappa shape index (κ1) is 25.3. The molecule has 0 saturated heterocycles. The number of hydroxylamine groups is 1. The molecule has 37 heavy (non-hydrogen) atoms. The molecule has 3 N–H and O–H groups in total. The molecule has 8 nitrogen and oxygen atoms in total. The summed E-state index contributed by atoms with van der Waals surface area (Å²) >= 11 is 0. The Hall–Kier alpha value is -4.82. The summed E-state index contributed by atoms with van der Waals surface area (Å²) in [5.74, 6) is 0.682. The topological polar surface area (TPSA) is 106 Å². The number of hydrogen-bond donors (Lipinski definition) is 3. The van der Waals surface area contributed by atoms with Crippen LogP contribution in [0.1, 0.15) is 15.9 Å². The number of rotatable bonds is 9. The van der Waals surface area contributed by atoms with Crippen LogP contribution in [0.5, 0.6) is 17.2 Å². The summed E-state index contributed by atoms with van der Waals surface area (Å²) in [4.78, 5) is 25.0. The normalized spacial score (nSPS) is 11.1. The summed E-state index contributed by atoms with van der Waals surface area (Å²) in [5.41, 5.74) is 3.43. The van der Waals surface area contributed by atoms with E-state index in [1.165, 1.54) is 14.2 Å². The van der Waals surface area contributed by atoms with Gasteiger partial charge < -0.3 is 19.5 Å². The van der Waals surface area contributed by atoms with Gasteiger partial charge >= 0.3 is 0 Å². The molecule has 0 unspecified atom stereocenters. The van der Waals surface area contributed by atoms with E-state index >= 15 is 0 Å². The monoisotopic (exact) mass is 498 g/mol. The van der Waals surface area contributed by atoms with Crippen LogP contribution in [0, 0.1) is 0 Å². The van der Waals surface area contributed by atoms with Gasteiger partial charge in [-0.3, -0.25) is 14.8 Å². The molecule has 0 aliphatic rings. The van der Waals surface area contributed by atoms with Gasteiger partial charge in [0.15, 0.2) is 11.5 Å². The van der Waals surface area contributed by atoms with Crippen molar-refractivity contribution in [3.05, 3.63) is 102 Å². The zero-order chi connectivity index (χ0) is 26.2. The van der Waals surface area contributed by atoms with Gasteiger partial charge in [-0.05, 0) is 47.4 Å². The molecule has 0 bridgehead atoms. The SMILES string of the molecule is COc1ccc(NC(=O)C(=Cc2ccc(C(=O)NO)cc2)COc2cccc3ccccc23)cc1OC. The van der Waals surface area contributed by atoms with E-state index in [9.17, 15) is 9.59 Å². The molecule has 4 aromatic rings. The molecule has 0 saturated carbocycles. The average Bonchev–Trinajstić information content (AvgIpc) is 2.94. The predicted molar refractivity (Wildman–Crippen MR) is 141 cm³/mol. The minimum absolute atomic E-state index is 0.00793. The van der Waals surface area contributed by atoms with Gasteiger partial charge in [0.1, 0.15) is 12.4 Å². The number of fused-ring (bicyclic) bond motifs is 1. The van der Waals surface area contributed by atoms with Crippen LogP contribution in [0.25, 0.3) is 16.8 Å². The van der Waals surface area contributed by atoms with Crippen molar-refractivity contribution in [1.82, 2.24) is 5.48 Å². The Bertz CT molecular complexity index is 1440. The van der Waals surface area contributed by atoms with Gasteiger partial charge in [0, 0.05) is 22.7 Å². The fourth-order valence-electron chi connectivity index (χ4n) is 3.77. The maximum atomic E-state index is 13.3. The Labute approximate surface area is 214 Å². The third-order valence-corrected chi connectivity index (χ3v) is 5.68. The molecule has 8 heteroatoms. The lowest BCUT2D eigenvalue weighted by Gasteiger charge is -2.14. The lowest BCUT2D eigenvalue weighted by molar-refractivity contribution is -0.113. The van der Waals surface area contributed by atoms with Crippen molar-refractivity contribution >= 4 is 34.4 Å². The third kappa shape index (κ3) is 6.06. The number of nitrogens with one attached hydrogen (secondary N) is 2. The molecular formula is C29H26N2O6. The molecule has 0 heterocycles. The standard InChI is InChI=1S/C29H26N2O6/c1-35-26-15-14-23(17-27(26)36-2)30-28(32)22(16-19-10-12-21(13-11-19)29(33)31-34)18-37-25-9-5-7-20-6-3-4-8-24(20)25/h3-17,34H,18H2,1-2H3,(H,30,32)(H,31,33). The minimum atomic E-state index is -0.624. The molecule has 0 aromatic heterocycles. The highest BCUT2D eigenvalue weighted by molar-refractivity contribution is 6.07. The fourth-order valence-corrected chi connectivity index (χ4v) is 3.77. The second kappa shape index (κ2) is 11.7. The summed E-state index contributed by atoms with van der Waals surface area (Å²) in [7, 11) is 3.06. The smallest absolute Gasteiger partial charge is 0.274 e.